The molecule has 158 valence electrons. The number of nitrogens with one attached hydrogen (secondary N) is 1. The maximum Gasteiger partial charge on any atom is 0.341 e. The average Bonchev–Trinajstić information content (AvgIpc) is 3.08. The number of carbonyl (C=O) groups is 1. The summed E-state index contributed by atoms with van der Waals surface area (Å²) < 4.78 is 49.7. The van der Waals surface area contributed by atoms with Gasteiger partial charge in [0.05, 0.1) is 10.6 Å². The van der Waals surface area contributed by atoms with Gasteiger partial charge in [-0.25, -0.2) is 8.42 Å². The van der Waals surface area contributed by atoms with Crippen LogP contribution in [-0.4, -0.2) is 40.6 Å². The van der Waals surface area contributed by atoms with Crippen molar-refractivity contribution in [2.75, 3.05) is 11.1 Å². The fraction of sp³-hybridized carbons (Fsp3) is 0.167. The van der Waals surface area contributed by atoms with Gasteiger partial charge in [-0.2, -0.15) is 8.78 Å². The lowest BCUT2D eigenvalue weighted by Crippen LogP contribution is -2.15. The Morgan fingerprint density at radius 1 is 1.13 bits per heavy atom. The number of hydrogen-bond acceptors (Lipinski definition) is 6. The standard InChI is InChI=1S/C18H15ClF2N4O3S2/c1-25-16(11-2-4-12(19)5-3-11)23-24-18(25)29-10-15(26)22-13-6-8-14(9-7-13)30(27,28)17(20)21/h2-9,17H,10H2,1H3,(H,22,26). The number of alkyl halides is 2. The Bertz CT molecular complexity index is 1150. The highest BCUT2D eigenvalue weighted by molar-refractivity contribution is 7.99. The molecule has 0 aliphatic heterocycles. The zero-order chi connectivity index (χ0) is 21.9. The van der Waals surface area contributed by atoms with Crippen LogP contribution in [0.15, 0.2) is 58.6 Å². The van der Waals surface area contributed by atoms with Crippen LogP contribution in [0.25, 0.3) is 11.4 Å². The van der Waals surface area contributed by atoms with Crippen LogP contribution in [0.4, 0.5) is 14.5 Å². The van der Waals surface area contributed by atoms with Gasteiger partial charge >= 0.3 is 5.76 Å². The molecule has 1 heterocycles. The van der Waals surface area contributed by atoms with E-state index in [4.69, 9.17) is 11.6 Å². The third-order valence-corrected chi connectivity index (χ3v) is 6.64. The number of sulfone groups is 1. The van der Waals surface area contributed by atoms with Crippen LogP contribution in [0.3, 0.4) is 0 Å². The fourth-order valence-corrected chi connectivity index (χ4v) is 4.01. The Morgan fingerprint density at radius 2 is 1.77 bits per heavy atom. The first-order chi connectivity index (χ1) is 14.2. The summed E-state index contributed by atoms with van der Waals surface area (Å²) in [5.74, 6) is -3.24. The summed E-state index contributed by atoms with van der Waals surface area (Å²) in [5.41, 5.74) is 1.11. The van der Waals surface area contributed by atoms with E-state index in [1.54, 1.807) is 23.7 Å². The van der Waals surface area contributed by atoms with Crippen molar-refractivity contribution < 1.29 is 22.0 Å². The monoisotopic (exact) mass is 472 g/mol. The molecule has 0 radical (unpaired) electrons. The number of carbonyl (C=O) groups excluding carboxylic acids is 1. The lowest BCUT2D eigenvalue weighted by Gasteiger charge is -2.07. The molecule has 0 aliphatic rings. The zero-order valence-corrected chi connectivity index (χ0v) is 17.8. The minimum Gasteiger partial charge on any atom is -0.325 e. The smallest absolute Gasteiger partial charge is 0.325 e. The van der Waals surface area contributed by atoms with Crippen LogP contribution in [0.2, 0.25) is 5.02 Å². The largest absolute Gasteiger partial charge is 0.341 e. The van der Waals surface area contributed by atoms with E-state index in [1.807, 2.05) is 12.1 Å². The molecule has 0 atom stereocenters. The molecular weight excluding hydrogens is 458 g/mol. The Labute approximate surface area is 180 Å². The molecule has 0 fully saturated rings. The summed E-state index contributed by atoms with van der Waals surface area (Å²) >= 11 is 7.05. The molecule has 0 spiro atoms. The number of benzene rings is 2. The summed E-state index contributed by atoms with van der Waals surface area (Å²) in [5, 5.41) is 11.9. The topological polar surface area (TPSA) is 94.0 Å². The number of rotatable bonds is 7. The number of hydrogen-bond donors (Lipinski definition) is 1. The first-order valence-electron chi connectivity index (χ1n) is 8.38. The van der Waals surface area contributed by atoms with Crippen molar-refractivity contribution in [1.82, 2.24) is 14.8 Å². The summed E-state index contributed by atoms with van der Waals surface area (Å²) in [7, 11) is -2.90. The normalized spacial score (nSPS) is 11.6. The Hall–Kier alpha value is -2.50. The van der Waals surface area contributed by atoms with E-state index in [0.29, 0.717) is 16.0 Å². The van der Waals surface area contributed by atoms with Gasteiger partial charge in [-0.05, 0) is 48.5 Å². The van der Waals surface area contributed by atoms with Gasteiger partial charge in [0.25, 0.3) is 0 Å². The minimum atomic E-state index is -4.67. The molecule has 7 nitrogen and oxygen atoms in total. The number of aromatic nitrogens is 3. The van der Waals surface area contributed by atoms with Gasteiger partial charge in [0.15, 0.2) is 11.0 Å². The first kappa shape index (κ1) is 22.2. The fourth-order valence-electron chi connectivity index (χ4n) is 2.45. The average molecular weight is 473 g/mol. The molecule has 0 unspecified atom stereocenters. The minimum absolute atomic E-state index is 0.0175. The van der Waals surface area contributed by atoms with Gasteiger partial charge in [0.1, 0.15) is 0 Å². The first-order valence-corrected chi connectivity index (χ1v) is 11.3. The van der Waals surface area contributed by atoms with Gasteiger partial charge in [-0.3, -0.25) is 4.79 Å². The summed E-state index contributed by atoms with van der Waals surface area (Å²) in [6.45, 7) is 0. The highest BCUT2D eigenvalue weighted by atomic mass is 35.5. The van der Waals surface area contributed by atoms with E-state index in [1.165, 1.54) is 12.1 Å². The van der Waals surface area contributed by atoms with Crippen molar-refractivity contribution in [3.63, 3.8) is 0 Å². The third kappa shape index (κ3) is 4.97. The Kier molecular flexibility index (Phi) is 6.74. The van der Waals surface area contributed by atoms with Crippen LogP contribution in [-0.2, 0) is 21.7 Å². The molecule has 0 saturated heterocycles. The maximum absolute atomic E-state index is 12.6. The van der Waals surface area contributed by atoms with Crippen LogP contribution in [0.1, 0.15) is 0 Å². The molecule has 0 saturated carbocycles. The molecule has 0 aliphatic carbocycles. The van der Waals surface area contributed by atoms with Gasteiger partial charge in [-0.1, -0.05) is 23.4 Å². The maximum atomic E-state index is 12.6. The molecule has 30 heavy (non-hydrogen) atoms. The molecule has 0 bridgehead atoms. The number of thioether (sulfide) groups is 1. The van der Waals surface area contributed by atoms with Gasteiger partial charge < -0.3 is 9.88 Å². The van der Waals surface area contributed by atoms with Crippen molar-refractivity contribution in [1.29, 1.82) is 0 Å². The molecule has 2 aromatic carbocycles. The van der Waals surface area contributed by atoms with E-state index >= 15 is 0 Å². The van der Waals surface area contributed by atoms with Crippen LogP contribution >= 0.6 is 23.4 Å². The van der Waals surface area contributed by atoms with E-state index in [2.05, 4.69) is 15.5 Å². The predicted octanol–water partition coefficient (Wildman–Crippen LogP) is 3.86. The lowest BCUT2D eigenvalue weighted by molar-refractivity contribution is -0.113. The number of nitrogens with zero attached hydrogens (tertiary/aromatic N) is 3. The molecule has 1 N–H and O–H groups in total. The van der Waals surface area contributed by atoms with E-state index in [9.17, 15) is 22.0 Å². The lowest BCUT2D eigenvalue weighted by atomic mass is 10.2. The van der Waals surface area contributed by atoms with E-state index in [-0.39, 0.29) is 17.3 Å². The zero-order valence-electron chi connectivity index (χ0n) is 15.4. The molecular formula is C18H15ClF2N4O3S2. The number of amides is 1. The highest BCUT2D eigenvalue weighted by Gasteiger charge is 2.26. The van der Waals surface area contributed by atoms with Crippen molar-refractivity contribution in [3.05, 3.63) is 53.6 Å². The summed E-state index contributed by atoms with van der Waals surface area (Å²) in [6.07, 6.45) is 0. The number of halogens is 3. The van der Waals surface area contributed by atoms with Crippen molar-refractivity contribution in [2.24, 2.45) is 7.05 Å². The van der Waals surface area contributed by atoms with E-state index < -0.39 is 20.5 Å². The molecule has 3 aromatic rings. The third-order valence-electron chi connectivity index (χ3n) is 3.97. The second kappa shape index (κ2) is 9.11. The van der Waals surface area contributed by atoms with Gasteiger partial charge in [0, 0.05) is 23.3 Å². The Morgan fingerprint density at radius 3 is 2.37 bits per heavy atom. The molecule has 1 amide bonds. The van der Waals surface area contributed by atoms with E-state index in [0.717, 1.165) is 29.5 Å². The SMILES string of the molecule is Cn1c(SCC(=O)Nc2ccc(S(=O)(=O)C(F)F)cc2)nnc1-c1ccc(Cl)cc1. The second-order valence-corrected chi connectivity index (χ2v) is 9.34. The van der Waals surface area contributed by atoms with Crippen molar-refractivity contribution in [2.45, 2.75) is 15.8 Å². The highest BCUT2D eigenvalue weighted by Crippen LogP contribution is 2.24. The van der Waals surface area contributed by atoms with Crippen LogP contribution in [0, 0.1) is 0 Å². The van der Waals surface area contributed by atoms with Crippen LogP contribution < -0.4 is 5.32 Å². The van der Waals surface area contributed by atoms with Crippen molar-refractivity contribution in [3.8, 4) is 11.4 Å². The van der Waals surface area contributed by atoms with Gasteiger partial charge in [0.2, 0.25) is 15.7 Å². The van der Waals surface area contributed by atoms with Crippen LogP contribution in [0.5, 0.6) is 0 Å². The summed E-state index contributed by atoms with van der Waals surface area (Å²) in [6, 6.07) is 11.6. The Balaban J connectivity index is 1.61. The molecule has 12 heteroatoms. The summed E-state index contributed by atoms with van der Waals surface area (Å²) in [4.78, 5) is 11.6. The van der Waals surface area contributed by atoms with Crippen molar-refractivity contribution >= 4 is 44.8 Å². The predicted molar refractivity (Wildman–Crippen MR) is 110 cm³/mol. The molecule has 1 aromatic heterocycles. The number of anilines is 1. The van der Waals surface area contributed by atoms with Gasteiger partial charge in [-0.15, -0.1) is 10.2 Å². The second-order valence-electron chi connectivity index (χ2n) is 6.04. The molecule has 3 rings (SSSR count). The quantitative estimate of drug-likeness (QED) is 0.525.